The summed E-state index contributed by atoms with van der Waals surface area (Å²) in [7, 11) is 0. The predicted octanol–water partition coefficient (Wildman–Crippen LogP) is 9.34. The van der Waals surface area contributed by atoms with Crippen LogP contribution in [0.2, 0.25) is 0 Å². The number of aryl methyl sites for hydroxylation is 1. The molecule has 0 nitrogen and oxygen atoms in total. The predicted molar refractivity (Wildman–Crippen MR) is 145 cm³/mol. The highest BCUT2D eigenvalue weighted by molar-refractivity contribution is 6.10. The molecule has 0 N–H and O–H groups in total. The highest BCUT2D eigenvalue weighted by Gasteiger charge is 2.05. The van der Waals surface area contributed by atoms with Gasteiger partial charge in [0.2, 0.25) is 0 Å². The van der Waals surface area contributed by atoms with Crippen LogP contribution < -0.4 is 0 Å². The SMILES string of the molecule is C(=C\c1cccc2c1ccc1ccccc12)/CCCc1cccc2c1ccc1ccccc12. The summed E-state index contributed by atoms with van der Waals surface area (Å²) in [6, 6.07) is 39.8. The van der Waals surface area contributed by atoms with E-state index >= 15 is 0 Å². The van der Waals surface area contributed by atoms with Crippen molar-refractivity contribution in [3.63, 3.8) is 0 Å². The van der Waals surface area contributed by atoms with E-state index in [0.717, 1.165) is 19.3 Å². The van der Waals surface area contributed by atoms with Crippen molar-refractivity contribution in [2.24, 2.45) is 0 Å². The minimum absolute atomic E-state index is 1.08. The first-order valence-electron chi connectivity index (χ1n) is 11.8. The molecule has 158 valence electrons. The number of hydrogen-bond donors (Lipinski definition) is 0. The minimum Gasteiger partial charge on any atom is -0.0839 e. The van der Waals surface area contributed by atoms with Crippen LogP contribution in [0.15, 0.2) is 115 Å². The van der Waals surface area contributed by atoms with Crippen molar-refractivity contribution in [3.05, 3.63) is 126 Å². The Morgan fingerprint density at radius 2 is 1.06 bits per heavy atom. The average Bonchev–Trinajstić information content (AvgIpc) is 2.88. The molecule has 0 heterocycles. The lowest BCUT2D eigenvalue weighted by Crippen LogP contribution is -1.88. The molecule has 0 atom stereocenters. The zero-order valence-corrected chi connectivity index (χ0v) is 18.7. The maximum absolute atomic E-state index is 2.34. The summed E-state index contributed by atoms with van der Waals surface area (Å²) in [6.45, 7) is 0. The number of allylic oxidation sites excluding steroid dienone is 1. The van der Waals surface area contributed by atoms with E-state index in [-0.39, 0.29) is 0 Å². The molecule has 0 aliphatic rings. The Hall–Kier alpha value is -3.90. The van der Waals surface area contributed by atoms with Crippen LogP contribution >= 0.6 is 0 Å². The molecule has 6 aromatic rings. The first kappa shape index (κ1) is 19.8. The number of unbranched alkanes of at least 4 members (excludes halogenated alkanes) is 1. The fourth-order valence-electron chi connectivity index (χ4n) is 5.15. The van der Waals surface area contributed by atoms with Gasteiger partial charge in [-0.25, -0.2) is 0 Å². The van der Waals surface area contributed by atoms with Gasteiger partial charge in [0.05, 0.1) is 0 Å². The molecule has 33 heavy (non-hydrogen) atoms. The molecule has 0 saturated heterocycles. The van der Waals surface area contributed by atoms with Crippen molar-refractivity contribution in [2.75, 3.05) is 0 Å². The van der Waals surface area contributed by atoms with Gasteiger partial charge in [0.1, 0.15) is 0 Å². The number of rotatable bonds is 5. The van der Waals surface area contributed by atoms with Gasteiger partial charge in [-0.15, -0.1) is 0 Å². The molecular weight excluding hydrogens is 396 g/mol. The maximum Gasteiger partial charge on any atom is -0.00994 e. The van der Waals surface area contributed by atoms with E-state index in [0.29, 0.717) is 0 Å². The highest BCUT2D eigenvalue weighted by Crippen LogP contribution is 2.30. The molecule has 0 saturated carbocycles. The molecule has 0 unspecified atom stereocenters. The molecule has 0 bridgehead atoms. The second kappa shape index (κ2) is 8.56. The van der Waals surface area contributed by atoms with E-state index in [1.165, 1.54) is 54.2 Å². The number of fused-ring (bicyclic) bond motifs is 6. The average molecular weight is 423 g/mol. The Bertz CT molecular complexity index is 1640. The lowest BCUT2D eigenvalue weighted by atomic mass is 9.96. The van der Waals surface area contributed by atoms with Crippen LogP contribution in [0.4, 0.5) is 0 Å². The van der Waals surface area contributed by atoms with E-state index in [9.17, 15) is 0 Å². The largest absolute Gasteiger partial charge is 0.0839 e. The lowest BCUT2D eigenvalue weighted by Gasteiger charge is -2.09. The van der Waals surface area contributed by atoms with E-state index in [2.05, 4.69) is 121 Å². The highest BCUT2D eigenvalue weighted by atomic mass is 14.1. The molecule has 0 fully saturated rings. The van der Waals surface area contributed by atoms with E-state index < -0.39 is 0 Å². The summed E-state index contributed by atoms with van der Waals surface area (Å²) in [5, 5.41) is 10.7. The van der Waals surface area contributed by atoms with Gasteiger partial charge in [0.25, 0.3) is 0 Å². The van der Waals surface area contributed by atoms with E-state index in [4.69, 9.17) is 0 Å². The Kier molecular flexibility index (Phi) is 5.13. The van der Waals surface area contributed by atoms with Crippen LogP contribution in [-0.4, -0.2) is 0 Å². The standard InChI is InChI=1S/C33H26/c1(2-10-24-14-8-18-32-28-16-6-4-12-26(28)20-22-30(24)32)3-11-25-15-9-19-33-29-17-7-5-13-27(29)21-23-31(25)33/h2,4-10,12-23H,1,3,11H2/b10-2+. The van der Waals surface area contributed by atoms with Gasteiger partial charge in [-0.05, 0) is 73.5 Å². The summed E-state index contributed by atoms with van der Waals surface area (Å²) >= 11 is 0. The molecule has 0 aromatic heterocycles. The summed E-state index contributed by atoms with van der Waals surface area (Å²) in [5.41, 5.74) is 2.75. The third kappa shape index (κ3) is 3.68. The Morgan fingerprint density at radius 3 is 1.82 bits per heavy atom. The minimum atomic E-state index is 1.08. The van der Waals surface area contributed by atoms with Crippen molar-refractivity contribution in [2.45, 2.75) is 19.3 Å². The molecule has 0 aliphatic carbocycles. The summed E-state index contributed by atoms with van der Waals surface area (Å²) in [6.07, 6.45) is 7.96. The molecule has 0 aliphatic heterocycles. The maximum atomic E-state index is 2.34. The van der Waals surface area contributed by atoms with Gasteiger partial charge in [-0.1, -0.05) is 121 Å². The first-order chi connectivity index (χ1) is 16.4. The Balaban J connectivity index is 1.21. The third-order valence-electron chi connectivity index (χ3n) is 6.81. The van der Waals surface area contributed by atoms with Crippen molar-refractivity contribution in [1.82, 2.24) is 0 Å². The zero-order valence-electron chi connectivity index (χ0n) is 18.7. The van der Waals surface area contributed by atoms with Crippen molar-refractivity contribution >= 4 is 49.2 Å². The summed E-state index contributed by atoms with van der Waals surface area (Å²) < 4.78 is 0. The Labute approximate surface area is 194 Å². The topological polar surface area (TPSA) is 0 Å². The summed E-state index contributed by atoms with van der Waals surface area (Å²) in [4.78, 5) is 0. The molecule has 6 rings (SSSR count). The van der Waals surface area contributed by atoms with E-state index in [1.807, 2.05) is 0 Å². The van der Waals surface area contributed by atoms with Crippen LogP contribution in [0.25, 0.3) is 49.2 Å². The van der Waals surface area contributed by atoms with Crippen LogP contribution in [0.5, 0.6) is 0 Å². The second-order valence-corrected chi connectivity index (χ2v) is 8.82. The van der Waals surface area contributed by atoms with Gasteiger partial charge in [0.15, 0.2) is 0 Å². The smallest absolute Gasteiger partial charge is 0.00994 e. The number of hydrogen-bond acceptors (Lipinski definition) is 0. The van der Waals surface area contributed by atoms with Crippen LogP contribution in [0.3, 0.4) is 0 Å². The third-order valence-corrected chi connectivity index (χ3v) is 6.81. The van der Waals surface area contributed by atoms with Gasteiger partial charge in [-0.3, -0.25) is 0 Å². The van der Waals surface area contributed by atoms with Crippen LogP contribution in [0.1, 0.15) is 24.0 Å². The monoisotopic (exact) mass is 422 g/mol. The first-order valence-corrected chi connectivity index (χ1v) is 11.8. The molecule has 0 amide bonds. The zero-order chi connectivity index (χ0) is 22.0. The van der Waals surface area contributed by atoms with Crippen molar-refractivity contribution < 1.29 is 0 Å². The van der Waals surface area contributed by atoms with Crippen LogP contribution in [0, 0.1) is 0 Å². The molecule has 0 spiro atoms. The van der Waals surface area contributed by atoms with Crippen molar-refractivity contribution in [1.29, 1.82) is 0 Å². The van der Waals surface area contributed by atoms with Gasteiger partial charge >= 0.3 is 0 Å². The van der Waals surface area contributed by atoms with Gasteiger partial charge in [0, 0.05) is 0 Å². The fourth-order valence-corrected chi connectivity index (χ4v) is 5.15. The fraction of sp³-hybridized carbons (Fsp3) is 0.0909. The van der Waals surface area contributed by atoms with Crippen molar-refractivity contribution in [3.8, 4) is 0 Å². The molecule has 0 radical (unpaired) electrons. The van der Waals surface area contributed by atoms with Crippen LogP contribution in [-0.2, 0) is 6.42 Å². The molecule has 0 heteroatoms. The summed E-state index contributed by atoms with van der Waals surface area (Å²) in [5.74, 6) is 0. The normalized spacial score (nSPS) is 11.9. The second-order valence-electron chi connectivity index (χ2n) is 8.82. The van der Waals surface area contributed by atoms with E-state index in [1.54, 1.807) is 0 Å². The number of benzene rings is 6. The van der Waals surface area contributed by atoms with Gasteiger partial charge in [-0.2, -0.15) is 0 Å². The Morgan fingerprint density at radius 1 is 0.455 bits per heavy atom. The molecular formula is C33H26. The lowest BCUT2D eigenvalue weighted by molar-refractivity contribution is 0.850. The molecule has 6 aromatic carbocycles. The van der Waals surface area contributed by atoms with Gasteiger partial charge < -0.3 is 0 Å². The quantitative estimate of drug-likeness (QED) is 0.192.